The van der Waals surface area contributed by atoms with Crippen molar-refractivity contribution in [2.45, 2.75) is 104 Å². The van der Waals surface area contributed by atoms with Gasteiger partial charge in [0.25, 0.3) is 0 Å². The average molecular weight is 395 g/mol. The molecule has 0 heterocycles. The van der Waals surface area contributed by atoms with Gasteiger partial charge in [0.2, 0.25) is 0 Å². The fourth-order valence-electron chi connectivity index (χ4n) is 2.59. The summed E-state index contributed by atoms with van der Waals surface area (Å²) in [5.41, 5.74) is 0. The van der Waals surface area contributed by atoms with E-state index in [4.69, 9.17) is 9.84 Å². The predicted octanol–water partition coefficient (Wildman–Crippen LogP) is 7.01. The number of ether oxygens (including phenoxy) is 1. The maximum atomic E-state index is 10.8. The average Bonchev–Trinajstić information content (AvgIpc) is 2.65. The molecule has 0 bridgehead atoms. The molecule has 0 aliphatic heterocycles. The van der Waals surface area contributed by atoms with Crippen LogP contribution in [0.2, 0.25) is 0 Å². The maximum absolute atomic E-state index is 10.8. The summed E-state index contributed by atoms with van der Waals surface area (Å²) in [6, 6.07) is 0. The minimum Gasteiger partial charge on any atom is -0.481 e. The molecule has 4 nitrogen and oxygen atoms in total. The highest BCUT2D eigenvalue weighted by Crippen LogP contribution is 2.12. The number of carbonyl (C=O) groups excluding carboxylic acids is 1. The maximum Gasteiger partial charge on any atom is 0.303 e. The van der Waals surface area contributed by atoms with Crippen molar-refractivity contribution in [2.75, 3.05) is 0 Å². The van der Waals surface area contributed by atoms with E-state index < -0.39 is 5.97 Å². The number of rotatable bonds is 16. The number of hydrogen-bond acceptors (Lipinski definition) is 3. The van der Waals surface area contributed by atoms with Crippen LogP contribution >= 0.6 is 0 Å². The van der Waals surface area contributed by atoms with Crippen LogP contribution in [-0.2, 0) is 14.3 Å². The van der Waals surface area contributed by atoms with Crippen LogP contribution in [-0.4, -0.2) is 23.1 Å². The van der Waals surface area contributed by atoms with Gasteiger partial charge < -0.3 is 9.84 Å². The zero-order valence-electron chi connectivity index (χ0n) is 18.3. The first kappa shape index (κ1) is 28.4. The Bertz CT molecular complexity index is 438. The van der Waals surface area contributed by atoms with Gasteiger partial charge in [-0.15, -0.1) is 0 Å². The molecule has 0 saturated carbocycles. The zero-order valence-corrected chi connectivity index (χ0v) is 18.3. The molecule has 0 spiro atoms. The van der Waals surface area contributed by atoms with Crippen molar-refractivity contribution < 1.29 is 19.4 Å². The van der Waals surface area contributed by atoms with E-state index in [9.17, 15) is 9.59 Å². The van der Waals surface area contributed by atoms with Gasteiger partial charge in [-0.05, 0) is 51.4 Å². The Balaban J connectivity index is 0. The van der Waals surface area contributed by atoms with Gasteiger partial charge in [-0.3, -0.25) is 9.59 Å². The van der Waals surface area contributed by atoms with Gasteiger partial charge in [-0.1, -0.05) is 70.1 Å². The fourth-order valence-corrected chi connectivity index (χ4v) is 2.59. The van der Waals surface area contributed by atoms with Gasteiger partial charge in [-0.2, -0.15) is 0 Å². The van der Waals surface area contributed by atoms with Crippen LogP contribution < -0.4 is 0 Å². The van der Waals surface area contributed by atoms with Gasteiger partial charge in [0.05, 0.1) is 0 Å². The van der Waals surface area contributed by atoms with Crippen molar-refractivity contribution >= 4 is 11.9 Å². The number of carboxylic acids is 1. The standard InChI is InChI=1S/C16H28O2.C8H14O2/c1-4-6-7-8-9-10-11-12-13-14-16(5-2)18-15(3)17;1-2-3-4-5-6-7-8(9)10/h4,6-7,16H,1,5,8-14H2,2-3H3;3-4H,2,5-7H2,1H3,(H,9,10)/b7-6+;4-3-. The number of allylic oxidation sites excluding steroid dienone is 5. The lowest BCUT2D eigenvalue weighted by molar-refractivity contribution is -0.146. The summed E-state index contributed by atoms with van der Waals surface area (Å²) in [6.07, 6.45) is 22.5. The van der Waals surface area contributed by atoms with Crippen molar-refractivity contribution in [1.29, 1.82) is 0 Å². The molecule has 1 atom stereocenters. The summed E-state index contributed by atoms with van der Waals surface area (Å²) in [7, 11) is 0. The van der Waals surface area contributed by atoms with Crippen LogP contribution in [0.25, 0.3) is 0 Å². The zero-order chi connectivity index (χ0) is 21.5. The van der Waals surface area contributed by atoms with Gasteiger partial charge >= 0.3 is 11.9 Å². The van der Waals surface area contributed by atoms with Crippen LogP contribution in [0.3, 0.4) is 0 Å². The molecule has 162 valence electrons. The van der Waals surface area contributed by atoms with E-state index in [-0.39, 0.29) is 18.5 Å². The molecule has 0 amide bonds. The van der Waals surface area contributed by atoms with Gasteiger partial charge in [-0.25, -0.2) is 0 Å². The lowest BCUT2D eigenvalue weighted by Crippen LogP contribution is -2.14. The summed E-state index contributed by atoms with van der Waals surface area (Å²) in [5.74, 6) is -0.860. The van der Waals surface area contributed by atoms with Crippen LogP contribution in [0.4, 0.5) is 0 Å². The summed E-state index contributed by atoms with van der Waals surface area (Å²) in [4.78, 5) is 20.8. The third kappa shape index (κ3) is 26.4. The molecule has 0 aromatic rings. The normalized spacial score (nSPS) is 11.8. The third-order valence-corrected chi connectivity index (χ3v) is 4.12. The molecular weight excluding hydrogens is 352 g/mol. The second-order valence-electron chi connectivity index (χ2n) is 6.81. The Morgan fingerprint density at radius 3 is 2.18 bits per heavy atom. The Morgan fingerprint density at radius 1 is 0.964 bits per heavy atom. The fraction of sp³-hybridized carbons (Fsp3) is 0.667. The van der Waals surface area contributed by atoms with Crippen LogP contribution in [0.5, 0.6) is 0 Å². The van der Waals surface area contributed by atoms with E-state index in [0.29, 0.717) is 0 Å². The van der Waals surface area contributed by atoms with Crippen molar-refractivity contribution in [1.82, 2.24) is 0 Å². The SMILES string of the molecule is C=C/C=C/CCCCCCCC(CC)OC(C)=O.CC/C=C\CCCC(=O)O. The molecule has 0 aromatic carbocycles. The molecule has 4 heteroatoms. The molecule has 1 unspecified atom stereocenters. The largest absolute Gasteiger partial charge is 0.481 e. The highest BCUT2D eigenvalue weighted by atomic mass is 16.5. The van der Waals surface area contributed by atoms with Crippen molar-refractivity contribution in [2.24, 2.45) is 0 Å². The first-order valence-electron chi connectivity index (χ1n) is 10.8. The van der Waals surface area contributed by atoms with E-state index in [1.165, 1.54) is 32.6 Å². The Labute approximate surface area is 172 Å². The van der Waals surface area contributed by atoms with E-state index in [1.54, 1.807) is 0 Å². The first-order valence-corrected chi connectivity index (χ1v) is 10.8. The molecular formula is C24H42O4. The minimum atomic E-state index is -0.704. The topological polar surface area (TPSA) is 63.6 Å². The lowest BCUT2D eigenvalue weighted by Gasteiger charge is -2.14. The summed E-state index contributed by atoms with van der Waals surface area (Å²) < 4.78 is 5.21. The number of esters is 1. The van der Waals surface area contributed by atoms with Gasteiger partial charge in [0.15, 0.2) is 0 Å². The lowest BCUT2D eigenvalue weighted by atomic mass is 10.1. The Morgan fingerprint density at radius 2 is 1.61 bits per heavy atom. The monoisotopic (exact) mass is 394 g/mol. The van der Waals surface area contributed by atoms with E-state index in [0.717, 1.165) is 44.9 Å². The molecule has 0 radical (unpaired) electrons. The van der Waals surface area contributed by atoms with Gasteiger partial charge in [0, 0.05) is 13.3 Å². The summed E-state index contributed by atoms with van der Waals surface area (Å²) in [5, 5.41) is 8.25. The molecule has 0 aromatic heterocycles. The smallest absolute Gasteiger partial charge is 0.303 e. The van der Waals surface area contributed by atoms with E-state index in [1.807, 2.05) is 18.2 Å². The van der Waals surface area contributed by atoms with Gasteiger partial charge in [0.1, 0.15) is 6.10 Å². The number of aliphatic carboxylic acids is 1. The van der Waals surface area contributed by atoms with Crippen molar-refractivity contribution in [3.8, 4) is 0 Å². The first-order chi connectivity index (χ1) is 13.5. The summed E-state index contributed by atoms with van der Waals surface area (Å²) >= 11 is 0. The second kappa shape index (κ2) is 23.2. The van der Waals surface area contributed by atoms with Crippen LogP contribution in [0.15, 0.2) is 37.0 Å². The highest BCUT2D eigenvalue weighted by Gasteiger charge is 2.08. The molecule has 0 rings (SSSR count). The summed E-state index contributed by atoms with van der Waals surface area (Å²) in [6.45, 7) is 9.26. The molecule has 0 saturated heterocycles. The number of unbranched alkanes of at least 4 members (excludes halogenated alkanes) is 6. The predicted molar refractivity (Wildman–Crippen MR) is 118 cm³/mol. The Hall–Kier alpha value is -1.84. The van der Waals surface area contributed by atoms with Crippen LogP contribution in [0.1, 0.15) is 97.8 Å². The van der Waals surface area contributed by atoms with E-state index in [2.05, 4.69) is 32.6 Å². The van der Waals surface area contributed by atoms with E-state index >= 15 is 0 Å². The molecule has 0 fully saturated rings. The molecule has 28 heavy (non-hydrogen) atoms. The van der Waals surface area contributed by atoms with Crippen molar-refractivity contribution in [3.63, 3.8) is 0 Å². The van der Waals surface area contributed by atoms with Crippen molar-refractivity contribution in [3.05, 3.63) is 37.0 Å². The number of carbonyl (C=O) groups is 2. The quantitative estimate of drug-likeness (QED) is 0.132. The minimum absolute atomic E-state index is 0.123. The molecule has 0 aliphatic rings. The Kier molecular flexibility index (Phi) is 23.5. The number of carboxylic acid groups (broad SMARTS) is 1. The molecule has 0 aliphatic carbocycles. The van der Waals surface area contributed by atoms with Crippen LogP contribution in [0, 0.1) is 0 Å². The second-order valence-corrected chi connectivity index (χ2v) is 6.81. The number of hydrogen-bond donors (Lipinski definition) is 1. The highest BCUT2D eigenvalue weighted by molar-refractivity contribution is 5.66. The molecule has 1 N–H and O–H groups in total. The third-order valence-electron chi connectivity index (χ3n) is 4.12.